The van der Waals surface area contributed by atoms with E-state index in [1.165, 1.54) is 0 Å². The Morgan fingerprint density at radius 1 is 0.850 bits per heavy atom. The molecule has 0 aromatic rings. The Morgan fingerprint density at radius 2 is 1.35 bits per heavy atom. The van der Waals surface area contributed by atoms with Crippen LogP contribution in [0.3, 0.4) is 0 Å². The zero-order valence-electron chi connectivity index (χ0n) is 14.2. The first-order valence-corrected chi connectivity index (χ1v) is 8.06. The molecule has 0 spiro atoms. The molecule has 0 aliphatic heterocycles. The second-order valence-corrected chi connectivity index (χ2v) is 7.27. The van der Waals surface area contributed by atoms with Crippen molar-refractivity contribution in [3.63, 3.8) is 0 Å². The van der Waals surface area contributed by atoms with Gasteiger partial charge in [0.05, 0.1) is 0 Å². The van der Waals surface area contributed by atoms with Gasteiger partial charge >= 0.3 is 6.18 Å². The van der Waals surface area contributed by atoms with E-state index >= 15 is 0 Å². The molecule has 0 aromatic carbocycles. The van der Waals surface area contributed by atoms with E-state index in [-0.39, 0.29) is 5.92 Å². The Hall–Kier alpha value is -0.210. The highest BCUT2D eigenvalue weighted by Crippen LogP contribution is 2.40. The summed E-state index contributed by atoms with van der Waals surface area (Å²) < 4.78 is 37.6. The fourth-order valence-corrected chi connectivity index (χ4v) is 3.66. The molecule has 122 valence electrons. The third-order valence-corrected chi connectivity index (χ3v) is 4.68. The molecule has 0 fully saturated rings. The van der Waals surface area contributed by atoms with Gasteiger partial charge in [-0.15, -0.1) is 0 Å². The van der Waals surface area contributed by atoms with Crippen LogP contribution in [0.1, 0.15) is 67.7 Å². The normalized spacial score (nSPS) is 19.2. The highest BCUT2D eigenvalue weighted by Gasteiger charge is 2.35. The number of alkyl halides is 3. The number of halogens is 3. The molecule has 20 heavy (non-hydrogen) atoms. The average molecular weight is 294 g/mol. The predicted octanol–water partition coefficient (Wildman–Crippen LogP) is 6.56. The van der Waals surface area contributed by atoms with Crippen molar-refractivity contribution < 1.29 is 13.2 Å². The molecule has 0 rings (SSSR count). The minimum absolute atomic E-state index is 0.285. The van der Waals surface area contributed by atoms with Crippen molar-refractivity contribution in [1.82, 2.24) is 0 Å². The molecule has 0 saturated carbocycles. The Bertz CT molecular complexity index is 255. The monoisotopic (exact) mass is 294 g/mol. The zero-order chi connectivity index (χ0) is 16.1. The Labute approximate surface area is 123 Å². The van der Waals surface area contributed by atoms with Gasteiger partial charge in [0.1, 0.15) is 0 Å². The smallest absolute Gasteiger partial charge is 0.171 e. The standard InChI is InChI=1S/C17H33F3/c1-8-14(7)16(12(4)5)15(11(2)3)9-13(6)10-17(18,19)20/h11-16H,8-10H2,1-7H3. The molecule has 0 heterocycles. The lowest BCUT2D eigenvalue weighted by Crippen LogP contribution is -2.32. The second kappa shape index (κ2) is 8.29. The summed E-state index contributed by atoms with van der Waals surface area (Å²) >= 11 is 0. The van der Waals surface area contributed by atoms with Crippen LogP contribution in [0.25, 0.3) is 0 Å². The molecular weight excluding hydrogens is 261 g/mol. The van der Waals surface area contributed by atoms with Gasteiger partial charge in [-0.2, -0.15) is 13.2 Å². The third-order valence-electron chi connectivity index (χ3n) is 4.68. The van der Waals surface area contributed by atoms with Crippen LogP contribution in [-0.4, -0.2) is 6.18 Å². The van der Waals surface area contributed by atoms with E-state index in [0.717, 1.165) is 6.42 Å². The maximum absolute atomic E-state index is 12.5. The molecule has 0 bridgehead atoms. The van der Waals surface area contributed by atoms with Crippen LogP contribution in [0.2, 0.25) is 0 Å². The summed E-state index contributed by atoms with van der Waals surface area (Å²) in [4.78, 5) is 0. The molecular formula is C17H33F3. The Kier molecular flexibility index (Phi) is 8.20. The van der Waals surface area contributed by atoms with Gasteiger partial charge in [0, 0.05) is 6.42 Å². The molecule has 0 aromatic heterocycles. The largest absolute Gasteiger partial charge is 0.389 e. The molecule has 4 unspecified atom stereocenters. The van der Waals surface area contributed by atoms with Gasteiger partial charge < -0.3 is 0 Å². The highest BCUT2D eigenvalue weighted by atomic mass is 19.4. The lowest BCUT2D eigenvalue weighted by Gasteiger charge is -2.38. The van der Waals surface area contributed by atoms with Gasteiger partial charge in [-0.3, -0.25) is 0 Å². The molecule has 0 aliphatic carbocycles. The van der Waals surface area contributed by atoms with Crippen LogP contribution in [-0.2, 0) is 0 Å². The highest BCUT2D eigenvalue weighted by molar-refractivity contribution is 4.81. The van der Waals surface area contributed by atoms with Gasteiger partial charge in [-0.25, -0.2) is 0 Å². The van der Waals surface area contributed by atoms with Gasteiger partial charge in [-0.1, -0.05) is 54.9 Å². The van der Waals surface area contributed by atoms with E-state index in [1.54, 1.807) is 6.92 Å². The lowest BCUT2D eigenvalue weighted by molar-refractivity contribution is -0.145. The minimum Gasteiger partial charge on any atom is -0.171 e. The molecule has 3 heteroatoms. The van der Waals surface area contributed by atoms with E-state index in [4.69, 9.17) is 0 Å². The van der Waals surface area contributed by atoms with E-state index in [1.807, 2.05) is 0 Å². The summed E-state index contributed by atoms with van der Waals surface area (Å²) in [7, 11) is 0. The SMILES string of the molecule is CCC(C)C(C(C)C)C(CC(C)CC(F)(F)F)C(C)C. The predicted molar refractivity (Wildman–Crippen MR) is 80.6 cm³/mol. The summed E-state index contributed by atoms with van der Waals surface area (Å²) in [5, 5.41) is 0. The van der Waals surface area contributed by atoms with Crippen molar-refractivity contribution >= 4 is 0 Å². The first kappa shape index (κ1) is 19.8. The minimum atomic E-state index is -4.04. The van der Waals surface area contributed by atoms with Crippen LogP contribution in [0.5, 0.6) is 0 Å². The number of hydrogen-bond acceptors (Lipinski definition) is 0. The van der Waals surface area contributed by atoms with Crippen LogP contribution in [0.4, 0.5) is 13.2 Å². The molecule has 0 amide bonds. The first-order chi connectivity index (χ1) is 8.99. The molecule has 0 N–H and O–H groups in total. The lowest BCUT2D eigenvalue weighted by atomic mass is 9.67. The summed E-state index contributed by atoms with van der Waals surface area (Å²) in [5.74, 6) is 2.13. The van der Waals surface area contributed by atoms with Crippen LogP contribution in [0.15, 0.2) is 0 Å². The summed E-state index contributed by atoms with van der Waals surface area (Å²) in [6.45, 7) is 14.9. The summed E-state index contributed by atoms with van der Waals surface area (Å²) in [5.41, 5.74) is 0. The summed E-state index contributed by atoms with van der Waals surface area (Å²) in [6.07, 6.45) is -2.91. The molecule has 0 aliphatic rings. The van der Waals surface area contributed by atoms with E-state index in [2.05, 4.69) is 41.5 Å². The third kappa shape index (κ3) is 6.99. The Balaban J connectivity index is 4.93. The zero-order valence-corrected chi connectivity index (χ0v) is 14.2. The fraction of sp³-hybridized carbons (Fsp3) is 1.00. The molecule has 4 atom stereocenters. The topological polar surface area (TPSA) is 0 Å². The first-order valence-electron chi connectivity index (χ1n) is 8.06. The van der Waals surface area contributed by atoms with Crippen molar-refractivity contribution in [1.29, 1.82) is 0 Å². The van der Waals surface area contributed by atoms with E-state index < -0.39 is 12.6 Å². The van der Waals surface area contributed by atoms with Crippen molar-refractivity contribution in [3.8, 4) is 0 Å². The average Bonchev–Trinajstić information content (AvgIpc) is 2.24. The van der Waals surface area contributed by atoms with E-state index in [9.17, 15) is 13.2 Å². The Morgan fingerprint density at radius 3 is 1.65 bits per heavy atom. The van der Waals surface area contributed by atoms with Gasteiger partial charge in [0.2, 0.25) is 0 Å². The van der Waals surface area contributed by atoms with Crippen molar-refractivity contribution in [2.24, 2.45) is 35.5 Å². The molecule has 0 nitrogen and oxygen atoms in total. The van der Waals surface area contributed by atoms with Gasteiger partial charge in [-0.05, 0) is 41.9 Å². The van der Waals surface area contributed by atoms with E-state index in [0.29, 0.717) is 36.0 Å². The quantitative estimate of drug-likeness (QED) is 0.476. The number of rotatable bonds is 8. The maximum Gasteiger partial charge on any atom is 0.389 e. The number of hydrogen-bond donors (Lipinski definition) is 0. The second-order valence-electron chi connectivity index (χ2n) is 7.27. The van der Waals surface area contributed by atoms with Crippen molar-refractivity contribution in [2.75, 3.05) is 0 Å². The maximum atomic E-state index is 12.5. The van der Waals surface area contributed by atoms with Gasteiger partial charge in [0.25, 0.3) is 0 Å². The fourth-order valence-electron chi connectivity index (χ4n) is 3.66. The van der Waals surface area contributed by atoms with Crippen LogP contribution < -0.4 is 0 Å². The summed E-state index contributed by atoms with van der Waals surface area (Å²) in [6, 6.07) is 0. The van der Waals surface area contributed by atoms with Crippen LogP contribution in [0, 0.1) is 35.5 Å². The van der Waals surface area contributed by atoms with Crippen molar-refractivity contribution in [2.45, 2.75) is 73.9 Å². The van der Waals surface area contributed by atoms with Gasteiger partial charge in [0.15, 0.2) is 0 Å². The molecule has 0 saturated heterocycles. The molecule has 0 radical (unpaired) electrons. The van der Waals surface area contributed by atoms with Crippen molar-refractivity contribution in [3.05, 3.63) is 0 Å². The van der Waals surface area contributed by atoms with Crippen LogP contribution >= 0.6 is 0 Å².